The summed E-state index contributed by atoms with van der Waals surface area (Å²) in [7, 11) is 0. The molecule has 0 saturated heterocycles. The van der Waals surface area contributed by atoms with E-state index >= 15 is 0 Å². The fourth-order valence-electron chi connectivity index (χ4n) is 2.91. The third-order valence-corrected chi connectivity index (χ3v) is 4.40. The molecule has 1 aromatic heterocycles. The highest BCUT2D eigenvalue weighted by Gasteiger charge is 2.26. The molecule has 5 heteroatoms. The molecule has 0 unspecified atom stereocenters. The number of hydrogen-bond acceptors (Lipinski definition) is 2. The molecule has 3 rings (SSSR count). The highest BCUT2D eigenvalue weighted by molar-refractivity contribution is 6.30. The Kier molecular flexibility index (Phi) is 3.94. The van der Waals surface area contributed by atoms with E-state index in [1.54, 1.807) is 16.8 Å². The summed E-state index contributed by atoms with van der Waals surface area (Å²) in [5, 5.41) is 14.3. The summed E-state index contributed by atoms with van der Waals surface area (Å²) in [6, 6.07) is 8.41. The maximum atomic E-state index is 12.9. The summed E-state index contributed by atoms with van der Waals surface area (Å²) < 4.78 is 14.6. The van der Waals surface area contributed by atoms with Crippen molar-refractivity contribution < 1.29 is 4.39 Å². The minimum Gasteiger partial charge on any atom is -0.248 e. The Bertz CT molecular complexity index is 679. The van der Waals surface area contributed by atoms with Gasteiger partial charge in [-0.05, 0) is 30.5 Å². The number of rotatable bonds is 3. The van der Waals surface area contributed by atoms with Crippen molar-refractivity contribution in [3.05, 3.63) is 52.1 Å². The topological polar surface area (TPSA) is 41.6 Å². The van der Waals surface area contributed by atoms with E-state index in [2.05, 4.69) is 11.2 Å². The lowest BCUT2D eigenvalue weighted by atomic mass is 10.0. The van der Waals surface area contributed by atoms with Crippen molar-refractivity contribution in [2.45, 2.75) is 38.1 Å². The quantitative estimate of drug-likeness (QED) is 0.850. The summed E-state index contributed by atoms with van der Waals surface area (Å²) >= 11 is 6.29. The largest absolute Gasteiger partial charge is 0.248 e. The third-order valence-electron chi connectivity index (χ3n) is 4.02. The average molecular weight is 304 g/mol. The van der Waals surface area contributed by atoms with Crippen LogP contribution in [-0.2, 0) is 6.54 Å². The summed E-state index contributed by atoms with van der Waals surface area (Å²) in [6.45, 7) is 0.445. The van der Waals surface area contributed by atoms with E-state index < -0.39 is 0 Å². The lowest BCUT2D eigenvalue weighted by Gasteiger charge is -2.05. The van der Waals surface area contributed by atoms with E-state index in [1.807, 2.05) is 0 Å². The molecular weight excluding hydrogens is 289 g/mol. The molecule has 0 N–H and O–H groups in total. The van der Waals surface area contributed by atoms with Crippen LogP contribution in [0.5, 0.6) is 0 Å². The predicted molar refractivity (Wildman–Crippen MR) is 78.7 cm³/mol. The van der Waals surface area contributed by atoms with Crippen LogP contribution in [0.2, 0.25) is 5.15 Å². The van der Waals surface area contributed by atoms with Gasteiger partial charge in [-0.2, -0.15) is 10.4 Å². The second kappa shape index (κ2) is 5.87. The van der Waals surface area contributed by atoms with E-state index in [-0.39, 0.29) is 5.82 Å². The van der Waals surface area contributed by atoms with Gasteiger partial charge in [-0.25, -0.2) is 9.07 Å². The molecule has 1 aliphatic carbocycles. The van der Waals surface area contributed by atoms with Crippen molar-refractivity contribution in [3.63, 3.8) is 0 Å². The number of nitrogens with zero attached hydrogens (tertiary/aromatic N) is 3. The molecular formula is C16H15ClFN3. The molecule has 1 saturated carbocycles. The van der Waals surface area contributed by atoms with Crippen molar-refractivity contribution in [3.8, 4) is 6.07 Å². The lowest BCUT2D eigenvalue weighted by molar-refractivity contribution is 0.618. The van der Waals surface area contributed by atoms with Gasteiger partial charge >= 0.3 is 0 Å². The van der Waals surface area contributed by atoms with Crippen molar-refractivity contribution in [2.75, 3.05) is 0 Å². The van der Waals surface area contributed by atoms with E-state index in [0.29, 0.717) is 23.2 Å². The van der Waals surface area contributed by atoms with E-state index in [1.165, 1.54) is 25.0 Å². The molecule has 108 valence electrons. The highest BCUT2D eigenvalue weighted by atomic mass is 35.5. The number of halogens is 2. The summed E-state index contributed by atoms with van der Waals surface area (Å²) in [4.78, 5) is 0. The predicted octanol–water partition coefficient (Wildman–Crippen LogP) is 4.25. The molecule has 2 aromatic rings. The van der Waals surface area contributed by atoms with Gasteiger partial charge in [-0.15, -0.1) is 0 Å². The monoisotopic (exact) mass is 303 g/mol. The Morgan fingerprint density at radius 3 is 2.57 bits per heavy atom. The smallest absolute Gasteiger partial charge is 0.145 e. The van der Waals surface area contributed by atoms with Crippen LogP contribution in [0.3, 0.4) is 0 Å². The second-order valence-electron chi connectivity index (χ2n) is 5.43. The number of nitriles is 1. The van der Waals surface area contributed by atoms with Gasteiger partial charge in [-0.1, -0.05) is 36.6 Å². The summed E-state index contributed by atoms with van der Waals surface area (Å²) in [5.41, 5.74) is 2.22. The van der Waals surface area contributed by atoms with Gasteiger partial charge in [0.15, 0.2) is 0 Å². The van der Waals surface area contributed by atoms with Crippen LogP contribution in [0.1, 0.15) is 48.4 Å². The van der Waals surface area contributed by atoms with E-state index in [9.17, 15) is 9.65 Å². The van der Waals surface area contributed by atoms with Crippen molar-refractivity contribution >= 4 is 11.6 Å². The second-order valence-corrected chi connectivity index (χ2v) is 5.79. The molecule has 0 amide bonds. The molecule has 0 aliphatic heterocycles. The fraction of sp³-hybridized carbons (Fsp3) is 0.375. The Balaban J connectivity index is 1.92. The first-order valence-electron chi connectivity index (χ1n) is 7.10. The summed E-state index contributed by atoms with van der Waals surface area (Å²) in [6.07, 6.45) is 4.49. The molecule has 0 radical (unpaired) electrons. The van der Waals surface area contributed by atoms with Crippen LogP contribution in [0.25, 0.3) is 0 Å². The van der Waals surface area contributed by atoms with Crippen LogP contribution in [0.4, 0.5) is 4.39 Å². The zero-order valence-corrected chi connectivity index (χ0v) is 12.3. The summed E-state index contributed by atoms with van der Waals surface area (Å²) in [5.74, 6) is 0.0706. The molecule has 1 aromatic carbocycles. The zero-order valence-electron chi connectivity index (χ0n) is 11.5. The fourth-order valence-corrected chi connectivity index (χ4v) is 3.15. The van der Waals surface area contributed by atoms with Crippen LogP contribution in [0, 0.1) is 17.1 Å². The Morgan fingerprint density at radius 2 is 1.95 bits per heavy atom. The van der Waals surface area contributed by atoms with Gasteiger partial charge in [0.25, 0.3) is 0 Å². The molecule has 0 atom stereocenters. The SMILES string of the molecule is N#Cc1c(C2CCCC2)nn(Cc2ccc(F)cc2)c1Cl. The standard InChI is InChI=1S/C16H15ClFN3/c17-16-14(9-19)15(12-3-1-2-4-12)20-21(16)10-11-5-7-13(18)8-6-11/h5-8,12H,1-4,10H2. The molecule has 0 spiro atoms. The first-order valence-corrected chi connectivity index (χ1v) is 7.47. The minimum absolute atomic E-state index is 0.269. The van der Waals surface area contributed by atoms with Gasteiger partial charge in [0.05, 0.1) is 12.2 Å². The van der Waals surface area contributed by atoms with Crippen molar-refractivity contribution in [2.24, 2.45) is 0 Å². The first kappa shape index (κ1) is 14.1. The average Bonchev–Trinajstić information content (AvgIpc) is 3.10. The molecule has 3 nitrogen and oxygen atoms in total. The van der Waals surface area contributed by atoms with Crippen molar-refractivity contribution in [1.29, 1.82) is 5.26 Å². The van der Waals surface area contributed by atoms with Crippen LogP contribution in [-0.4, -0.2) is 9.78 Å². The third kappa shape index (κ3) is 2.79. The maximum Gasteiger partial charge on any atom is 0.145 e. The van der Waals surface area contributed by atoms with Gasteiger partial charge in [0.2, 0.25) is 0 Å². The Hall–Kier alpha value is -1.86. The van der Waals surface area contributed by atoms with Gasteiger partial charge in [-0.3, -0.25) is 0 Å². The Labute approximate surface area is 128 Å². The van der Waals surface area contributed by atoms with Gasteiger partial charge < -0.3 is 0 Å². The number of benzene rings is 1. The lowest BCUT2D eigenvalue weighted by Crippen LogP contribution is -2.03. The van der Waals surface area contributed by atoms with Gasteiger partial charge in [0.1, 0.15) is 22.6 Å². The zero-order chi connectivity index (χ0) is 14.8. The number of aromatic nitrogens is 2. The molecule has 1 fully saturated rings. The highest BCUT2D eigenvalue weighted by Crippen LogP contribution is 2.37. The molecule has 1 heterocycles. The van der Waals surface area contributed by atoms with Crippen LogP contribution in [0.15, 0.2) is 24.3 Å². The van der Waals surface area contributed by atoms with E-state index in [0.717, 1.165) is 24.1 Å². The Morgan fingerprint density at radius 1 is 1.29 bits per heavy atom. The van der Waals surface area contributed by atoms with Crippen LogP contribution < -0.4 is 0 Å². The molecule has 1 aliphatic rings. The maximum absolute atomic E-state index is 12.9. The van der Waals surface area contributed by atoms with Crippen LogP contribution >= 0.6 is 11.6 Å². The first-order chi connectivity index (χ1) is 10.2. The number of hydrogen-bond donors (Lipinski definition) is 0. The minimum atomic E-state index is -0.269. The van der Waals surface area contributed by atoms with E-state index in [4.69, 9.17) is 11.6 Å². The molecule has 21 heavy (non-hydrogen) atoms. The van der Waals surface area contributed by atoms with Gasteiger partial charge in [0, 0.05) is 5.92 Å². The molecule has 0 bridgehead atoms. The van der Waals surface area contributed by atoms with Crippen molar-refractivity contribution in [1.82, 2.24) is 9.78 Å². The normalized spacial score (nSPS) is 15.3.